The van der Waals surface area contributed by atoms with E-state index in [1.165, 1.54) is 0 Å². The minimum Gasteiger partial charge on any atom is -0.396 e. The number of aliphatic hydroxyl groups excluding tert-OH is 1. The summed E-state index contributed by atoms with van der Waals surface area (Å²) in [7, 11) is 0. The van der Waals surface area contributed by atoms with Gasteiger partial charge in [-0.2, -0.15) is 13.2 Å². The summed E-state index contributed by atoms with van der Waals surface area (Å²) in [6.07, 6.45) is -1.36. The van der Waals surface area contributed by atoms with Crippen LogP contribution in [0.25, 0.3) is 0 Å². The number of thiazole rings is 1. The lowest BCUT2D eigenvalue weighted by Crippen LogP contribution is -2.54. The molecule has 21 heavy (non-hydrogen) atoms. The average molecular weight is 322 g/mol. The van der Waals surface area contributed by atoms with Crippen LogP contribution in [0.2, 0.25) is 0 Å². The van der Waals surface area contributed by atoms with Crippen molar-refractivity contribution in [3.05, 3.63) is 16.1 Å². The Labute approximate surface area is 126 Å². The fourth-order valence-corrected chi connectivity index (χ4v) is 3.83. The van der Waals surface area contributed by atoms with E-state index in [1.807, 2.05) is 0 Å². The van der Waals surface area contributed by atoms with E-state index in [-0.39, 0.29) is 18.1 Å². The predicted octanol–water partition coefficient (Wildman–Crippen LogP) is 3.44. The molecule has 1 aliphatic rings. The van der Waals surface area contributed by atoms with Crippen molar-refractivity contribution in [2.45, 2.75) is 51.9 Å². The quantitative estimate of drug-likeness (QED) is 0.843. The van der Waals surface area contributed by atoms with Crippen molar-refractivity contribution < 1.29 is 18.3 Å². The Hall–Kier alpha value is -0.660. The first-order valence-corrected chi connectivity index (χ1v) is 8.02. The second-order valence-electron chi connectivity index (χ2n) is 6.10. The van der Waals surface area contributed by atoms with E-state index >= 15 is 0 Å². The van der Waals surface area contributed by atoms with Crippen molar-refractivity contribution >= 4 is 11.3 Å². The minimum atomic E-state index is -4.38. The molecule has 0 spiro atoms. The van der Waals surface area contributed by atoms with E-state index in [9.17, 15) is 18.3 Å². The van der Waals surface area contributed by atoms with E-state index in [1.54, 1.807) is 0 Å². The van der Waals surface area contributed by atoms with Crippen LogP contribution >= 0.6 is 11.3 Å². The molecule has 1 aromatic rings. The molecule has 1 heterocycles. The van der Waals surface area contributed by atoms with Crippen LogP contribution in [0.15, 0.2) is 5.38 Å². The molecule has 0 bridgehead atoms. The van der Waals surface area contributed by atoms with Gasteiger partial charge in [-0.25, -0.2) is 4.98 Å². The van der Waals surface area contributed by atoms with E-state index in [0.717, 1.165) is 36.0 Å². The lowest BCUT2D eigenvalue weighted by Gasteiger charge is -2.48. The summed E-state index contributed by atoms with van der Waals surface area (Å²) in [6.45, 7) is 4.56. The van der Waals surface area contributed by atoms with E-state index in [0.29, 0.717) is 17.5 Å². The van der Waals surface area contributed by atoms with Gasteiger partial charge in [0, 0.05) is 23.4 Å². The number of nitrogens with one attached hydrogen (secondary N) is 1. The number of hydrogen-bond acceptors (Lipinski definition) is 4. The van der Waals surface area contributed by atoms with Gasteiger partial charge in [0.1, 0.15) is 5.01 Å². The molecule has 3 nitrogen and oxygen atoms in total. The van der Waals surface area contributed by atoms with Gasteiger partial charge < -0.3 is 10.4 Å². The van der Waals surface area contributed by atoms with Crippen LogP contribution in [-0.2, 0) is 12.7 Å². The molecule has 0 aromatic carbocycles. The molecule has 0 radical (unpaired) electrons. The van der Waals surface area contributed by atoms with Crippen molar-refractivity contribution in [1.82, 2.24) is 10.3 Å². The Morgan fingerprint density at radius 3 is 2.48 bits per heavy atom. The first kappa shape index (κ1) is 16.7. The molecule has 120 valence electrons. The first-order valence-electron chi connectivity index (χ1n) is 7.14. The second-order valence-corrected chi connectivity index (χ2v) is 7.04. The number of alkyl halides is 3. The number of hydrogen-bond donors (Lipinski definition) is 2. The zero-order valence-electron chi connectivity index (χ0n) is 12.2. The highest BCUT2D eigenvalue weighted by atomic mass is 32.1. The summed E-state index contributed by atoms with van der Waals surface area (Å²) in [5, 5.41) is 14.5. The molecule has 7 heteroatoms. The van der Waals surface area contributed by atoms with Crippen LogP contribution in [-0.4, -0.2) is 22.7 Å². The molecule has 1 atom stereocenters. The van der Waals surface area contributed by atoms with Crippen molar-refractivity contribution in [3.63, 3.8) is 0 Å². The number of nitrogens with zero attached hydrogens (tertiary/aromatic N) is 1. The van der Waals surface area contributed by atoms with Gasteiger partial charge in [0.15, 0.2) is 5.69 Å². The van der Waals surface area contributed by atoms with Crippen molar-refractivity contribution in [2.75, 3.05) is 6.61 Å². The van der Waals surface area contributed by atoms with Crippen molar-refractivity contribution in [2.24, 2.45) is 11.3 Å². The molecule has 0 aliphatic heterocycles. The van der Waals surface area contributed by atoms with Gasteiger partial charge in [0.05, 0.1) is 6.61 Å². The Morgan fingerprint density at radius 1 is 1.43 bits per heavy atom. The highest BCUT2D eigenvalue weighted by Crippen LogP contribution is 2.45. The fraction of sp³-hybridized carbons (Fsp3) is 0.786. The summed E-state index contributed by atoms with van der Waals surface area (Å²) in [4.78, 5) is 3.63. The van der Waals surface area contributed by atoms with Crippen LogP contribution in [0, 0.1) is 11.3 Å². The highest BCUT2D eigenvalue weighted by Gasteiger charge is 2.44. The van der Waals surface area contributed by atoms with Crippen LogP contribution in [0.5, 0.6) is 0 Å². The molecule has 2 N–H and O–H groups in total. The van der Waals surface area contributed by atoms with Crippen LogP contribution in [0.1, 0.15) is 43.8 Å². The summed E-state index contributed by atoms with van der Waals surface area (Å²) < 4.78 is 37.6. The number of rotatable bonds is 6. The fourth-order valence-electron chi connectivity index (χ4n) is 3.08. The van der Waals surface area contributed by atoms with Gasteiger partial charge in [-0.15, -0.1) is 11.3 Å². The summed E-state index contributed by atoms with van der Waals surface area (Å²) in [6, 6.07) is 0.0921. The van der Waals surface area contributed by atoms with E-state index < -0.39 is 11.9 Å². The molecule has 1 aliphatic carbocycles. The first-order chi connectivity index (χ1) is 9.78. The minimum absolute atomic E-state index is 0.0921. The topological polar surface area (TPSA) is 45.2 Å². The smallest absolute Gasteiger partial charge is 0.396 e. The van der Waals surface area contributed by atoms with Gasteiger partial charge in [-0.05, 0) is 18.8 Å². The Balaban J connectivity index is 2.01. The molecule has 2 rings (SSSR count). The molecule has 1 fully saturated rings. The SMILES string of the molecule is CC(C)[C@H](NCc1nc(C(F)(F)F)cs1)C1(CO)CCC1. The maximum Gasteiger partial charge on any atom is 0.434 e. The van der Waals surface area contributed by atoms with Gasteiger partial charge in [-0.1, -0.05) is 20.3 Å². The highest BCUT2D eigenvalue weighted by molar-refractivity contribution is 7.09. The summed E-state index contributed by atoms with van der Waals surface area (Å²) >= 11 is 1.02. The molecule has 0 unspecified atom stereocenters. The zero-order valence-corrected chi connectivity index (χ0v) is 13.0. The molecule has 1 saturated carbocycles. The number of aliphatic hydroxyl groups is 1. The molecule has 1 aromatic heterocycles. The third-order valence-corrected chi connectivity index (χ3v) is 5.15. The molecule has 0 amide bonds. The van der Waals surface area contributed by atoms with Crippen LogP contribution in [0.3, 0.4) is 0 Å². The third kappa shape index (κ3) is 3.57. The second kappa shape index (κ2) is 6.22. The third-order valence-electron chi connectivity index (χ3n) is 4.31. The monoisotopic (exact) mass is 322 g/mol. The van der Waals surface area contributed by atoms with Crippen LogP contribution < -0.4 is 5.32 Å². The normalized spacial score (nSPS) is 19.6. The van der Waals surface area contributed by atoms with Crippen LogP contribution in [0.4, 0.5) is 13.2 Å². The van der Waals surface area contributed by atoms with E-state index in [2.05, 4.69) is 24.1 Å². The maximum absolute atomic E-state index is 12.5. The lowest BCUT2D eigenvalue weighted by molar-refractivity contribution is -0.140. The zero-order chi connectivity index (χ0) is 15.7. The molecule has 0 saturated heterocycles. The van der Waals surface area contributed by atoms with Crippen molar-refractivity contribution in [1.29, 1.82) is 0 Å². The molecular weight excluding hydrogens is 301 g/mol. The standard InChI is InChI=1S/C14H21F3N2OS/c1-9(2)12(13(8-20)4-3-5-13)18-6-11-19-10(7-21-11)14(15,16)17/h7,9,12,18,20H,3-6,8H2,1-2H3/t12-/m0/s1. The Bertz CT molecular complexity index is 464. The maximum atomic E-state index is 12.5. The van der Waals surface area contributed by atoms with Gasteiger partial charge in [-0.3, -0.25) is 0 Å². The van der Waals surface area contributed by atoms with Crippen molar-refractivity contribution in [3.8, 4) is 0 Å². The Kier molecular flexibility index (Phi) is 4.95. The summed E-state index contributed by atoms with van der Waals surface area (Å²) in [5.41, 5.74) is -0.955. The molecular formula is C14H21F3N2OS. The largest absolute Gasteiger partial charge is 0.434 e. The summed E-state index contributed by atoms with van der Waals surface area (Å²) in [5.74, 6) is 0.305. The Morgan fingerprint density at radius 2 is 2.10 bits per heavy atom. The van der Waals surface area contributed by atoms with Gasteiger partial charge >= 0.3 is 6.18 Å². The average Bonchev–Trinajstić information content (AvgIpc) is 2.80. The predicted molar refractivity (Wildman–Crippen MR) is 76.0 cm³/mol. The number of aromatic nitrogens is 1. The van der Waals surface area contributed by atoms with Gasteiger partial charge in [0.25, 0.3) is 0 Å². The lowest BCUT2D eigenvalue weighted by atomic mass is 9.62. The number of halogens is 3. The van der Waals surface area contributed by atoms with E-state index in [4.69, 9.17) is 0 Å². The van der Waals surface area contributed by atoms with Gasteiger partial charge in [0.2, 0.25) is 0 Å².